The fourth-order valence-electron chi connectivity index (χ4n) is 2.28. The molecule has 20 heavy (non-hydrogen) atoms. The van der Waals surface area contributed by atoms with Crippen LogP contribution in [0.15, 0.2) is 42.6 Å². The van der Waals surface area contributed by atoms with Gasteiger partial charge in [-0.2, -0.15) is 0 Å². The van der Waals surface area contributed by atoms with Crippen LogP contribution in [0.5, 0.6) is 0 Å². The molecule has 0 N–H and O–H groups in total. The van der Waals surface area contributed by atoms with Crippen molar-refractivity contribution in [2.45, 2.75) is 33.1 Å². The average molecular weight is 265 g/mol. The summed E-state index contributed by atoms with van der Waals surface area (Å²) >= 11 is 0. The summed E-state index contributed by atoms with van der Waals surface area (Å²) in [5.74, 6) is 0.778. The number of aromatic nitrogens is 3. The minimum atomic E-state index is 0.168. The first-order valence-corrected chi connectivity index (χ1v) is 6.88. The minimum absolute atomic E-state index is 0.168. The number of benzene rings is 1. The first-order chi connectivity index (χ1) is 9.45. The predicted molar refractivity (Wildman–Crippen MR) is 81.9 cm³/mol. The Morgan fingerprint density at radius 2 is 1.70 bits per heavy atom. The van der Waals surface area contributed by atoms with E-state index in [0.717, 1.165) is 22.6 Å². The molecule has 2 aromatic heterocycles. The third-order valence-electron chi connectivity index (χ3n) is 3.57. The quantitative estimate of drug-likeness (QED) is 0.665. The van der Waals surface area contributed by atoms with Gasteiger partial charge < -0.3 is 0 Å². The Bertz CT molecular complexity index is 746. The van der Waals surface area contributed by atoms with E-state index in [4.69, 9.17) is 0 Å². The summed E-state index contributed by atoms with van der Waals surface area (Å²) in [4.78, 5) is 4.63. The van der Waals surface area contributed by atoms with E-state index in [1.165, 1.54) is 5.56 Å². The molecule has 3 heteroatoms. The standard InChI is InChI=1S/C17H19N3/c1-12-6-5-11-20-16(12)18-15(19-20)13-7-9-14(10-8-13)17(2,3)4/h5-11H,1-4H3. The summed E-state index contributed by atoms with van der Waals surface area (Å²) in [6, 6.07) is 12.6. The molecule has 0 saturated carbocycles. The summed E-state index contributed by atoms with van der Waals surface area (Å²) in [6.07, 6.45) is 1.93. The van der Waals surface area contributed by atoms with E-state index in [1.807, 2.05) is 16.8 Å². The van der Waals surface area contributed by atoms with Crippen LogP contribution in [0.25, 0.3) is 17.0 Å². The second-order valence-corrected chi connectivity index (χ2v) is 6.22. The molecule has 3 nitrogen and oxygen atoms in total. The highest BCUT2D eigenvalue weighted by atomic mass is 15.3. The molecule has 0 fully saturated rings. The van der Waals surface area contributed by atoms with Crippen molar-refractivity contribution in [1.29, 1.82) is 0 Å². The van der Waals surface area contributed by atoms with Gasteiger partial charge in [-0.25, -0.2) is 9.50 Å². The van der Waals surface area contributed by atoms with Crippen LogP contribution < -0.4 is 0 Å². The van der Waals surface area contributed by atoms with Crippen molar-refractivity contribution in [2.24, 2.45) is 0 Å². The van der Waals surface area contributed by atoms with Crippen molar-refractivity contribution in [3.05, 3.63) is 53.7 Å². The van der Waals surface area contributed by atoms with Crippen molar-refractivity contribution in [2.75, 3.05) is 0 Å². The van der Waals surface area contributed by atoms with Crippen molar-refractivity contribution in [1.82, 2.24) is 14.6 Å². The lowest BCUT2D eigenvalue weighted by Gasteiger charge is -2.18. The number of pyridine rings is 1. The molecule has 0 saturated heterocycles. The van der Waals surface area contributed by atoms with Gasteiger partial charge in [-0.1, -0.05) is 51.1 Å². The molecule has 0 aliphatic carbocycles. The van der Waals surface area contributed by atoms with E-state index >= 15 is 0 Å². The van der Waals surface area contributed by atoms with E-state index in [0.29, 0.717) is 0 Å². The number of hydrogen-bond acceptors (Lipinski definition) is 2. The fourth-order valence-corrected chi connectivity index (χ4v) is 2.28. The van der Waals surface area contributed by atoms with Crippen LogP contribution in [0.3, 0.4) is 0 Å². The van der Waals surface area contributed by atoms with E-state index in [1.54, 1.807) is 0 Å². The molecule has 102 valence electrons. The maximum atomic E-state index is 4.63. The molecule has 0 aliphatic heterocycles. The highest BCUT2D eigenvalue weighted by molar-refractivity contribution is 5.60. The third-order valence-corrected chi connectivity index (χ3v) is 3.57. The van der Waals surface area contributed by atoms with Crippen LogP contribution in [0.1, 0.15) is 31.9 Å². The Balaban J connectivity index is 2.05. The van der Waals surface area contributed by atoms with Gasteiger partial charge in [-0.3, -0.25) is 0 Å². The third kappa shape index (κ3) is 2.20. The minimum Gasteiger partial charge on any atom is -0.220 e. The monoisotopic (exact) mass is 265 g/mol. The van der Waals surface area contributed by atoms with Gasteiger partial charge in [0, 0.05) is 11.8 Å². The van der Waals surface area contributed by atoms with E-state index in [-0.39, 0.29) is 5.41 Å². The summed E-state index contributed by atoms with van der Waals surface area (Å²) in [5, 5.41) is 4.54. The zero-order valence-corrected chi connectivity index (χ0v) is 12.4. The average Bonchev–Trinajstić information content (AvgIpc) is 2.83. The van der Waals surface area contributed by atoms with Crippen LogP contribution in [0, 0.1) is 6.92 Å². The lowest BCUT2D eigenvalue weighted by molar-refractivity contribution is 0.590. The maximum Gasteiger partial charge on any atom is 0.182 e. The molecule has 0 unspecified atom stereocenters. The van der Waals surface area contributed by atoms with Crippen LogP contribution in [0.2, 0.25) is 0 Å². The van der Waals surface area contributed by atoms with Crippen LogP contribution in [0.4, 0.5) is 0 Å². The normalized spacial score (nSPS) is 12.0. The van der Waals surface area contributed by atoms with Gasteiger partial charge in [0.1, 0.15) is 0 Å². The zero-order valence-electron chi connectivity index (χ0n) is 12.4. The van der Waals surface area contributed by atoms with Gasteiger partial charge in [-0.15, -0.1) is 5.10 Å². The van der Waals surface area contributed by atoms with Crippen molar-refractivity contribution >= 4 is 5.65 Å². The molecule has 2 heterocycles. The summed E-state index contributed by atoms with van der Waals surface area (Å²) in [7, 11) is 0. The molecule has 3 aromatic rings. The van der Waals surface area contributed by atoms with Crippen molar-refractivity contribution in [3.63, 3.8) is 0 Å². The van der Waals surface area contributed by atoms with Gasteiger partial charge in [0.05, 0.1) is 0 Å². The highest BCUT2D eigenvalue weighted by Crippen LogP contribution is 2.25. The summed E-state index contributed by atoms with van der Waals surface area (Å²) in [6.45, 7) is 8.70. The molecule has 0 radical (unpaired) electrons. The number of rotatable bonds is 1. The maximum absolute atomic E-state index is 4.63. The predicted octanol–water partition coefficient (Wildman–Crippen LogP) is 4.00. The smallest absolute Gasteiger partial charge is 0.182 e. The number of hydrogen-bond donors (Lipinski definition) is 0. The Kier molecular flexibility index (Phi) is 2.85. The molecule has 0 bridgehead atoms. The van der Waals surface area contributed by atoms with E-state index in [2.05, 4.69) is 68.1 Å². The molecule has 3 rings (SSSR count). The Morgan fingerprint density at radius 3 is 2.30 bits per heavy atom. The number of nitrogens with zero attached hydrogens (tertiary/aromatic N) is 3. The molecule has 0 spiro atoms. The van der Waals surface area contributed by atoms with Gasteiger partial charge >= 0.3 is 0 Å². The second-order valence-electron chi connectivity index (χ2n) is 6.22. The van der Waals surface area contributed by atoms with Crippen LogP contribution in [-0.2, 0) is 5.41 Å². The summed E-state index contributed by atoms with van der Waals surface area (Å²) in [5.41, 5.74) is 4.60. The van der Waals surface area contributed by atoms with E-state index in [9.17, 15) is 0 Å². The van der Waals surface area contributed by atoms with E-state index < -0.39 is 0 Å². The largest absolute Gasteiger partial charge is 0.220 e. The van der Waals surface area contributed by atoms with Crippen molar-refractivity contribution in [3.8, 4) is 11.4 Å². The first kappa shape index (κ1) is 12.9. The molecule has 0 amide bonds. The lowest BCUT2D eigenvalue weighted by atomic mass is 9.87. The molecule has 1 aromatic carbocycles. The first-order valence-electron chi connectivity index (χ1n) is 6.88. The fraction of sp³-hybridized carbons (Fsp3) is 0.294. The van der Waals surface area contributed by atoms with Crippen LogP contribution >= 0.6 is 0 Å². The Hall–Kier alpha value is -2.16. The molecule has 0 atom stereocenters. The zero-order chi connectivity index (χ0) is 14.3. The number of fused-ring (bicyclic) bond motifs is 1. The van der Waals surface area contributed by atoms with Gasteiger partial charge in [0.2, 0.25) is 0 Å². The molecule has 0 aliphatic rings. The summed E-state index contributed by atoms with van der Waals surface area (Å²) < 4.78 is 1.84. The van der Waals surface area contributed by atoms with Gasteiger partial charge in [0.25, 0.3) is 0 Å². The Labute approximate surface area is 119 Å². The van der Waals surface area contributed by atoms with Gasteiger partial charge in [0.15, 0.2) is 11.5 Å². The lowest BCUT2D eigenvalue weighted by Crippen LogP contribution is -2.10. The Morgan fingerprint density at radius 1 is 1.00 bits per heavy atom. The highest BCUT2D eigenvalue weighted by Gasteiger charge is 2.14. The second kappa shape index (κ2) is 4.44. The van der Waals surface area contributed by atoms with Crippen LogP contribution in [-0.4, -0.2) is 14.6 Å². The van der Waals surface area contributed by atoms with Crippen molar-refractivity contribution < 1.29 is 0 Å². The molecular weight excluding hydrogens is 246 g/mol. The molecular formula is C17H19N3. The number of aryl methyl sites for hydroxylation is 1. The topological polar surface area (TPSA) is 30.2 Å². The van der Waals surface area contributed by atoms with Gasteiger partial charge in [-0.05, 0) is 29.5 Å². The SMILES string of the molecule is Cc1cccn2nc(-c3ccc(C(C)(C)C)cc3)nc12.